The van der Waals surface area contributed by atoms with E-state index in [1.807, 2.05) is 50.2 Å². The lowest BCUT2D eigenvalue weighted by molar-refractivity contribution is -0.138. The lowest BCUT2D eigenvalue weighted by Gasteiger charge is -2.28. The molecule has 0 unspecified atom stereocenters. The molecule has 3 rings (SSSR count). The molecule has 0 aromatic heterocycles. The Kier molecular flexibility index (Phi) is 7.41. The average Bonchev–Trinajstić information content (AvgIpc) is 3.04. The number of aliphatic carboxylic acids is 1. The zero-order valence-electron chi connectivity index (χ0n) is 19.6. The van der Waals surface area contributed by atoms with Gasteiger partial charge in [-0.05, 0) is 48.4 Å². The topological polar surface area (TPSA) is 105 Å². The van der Waals surface area contributed by atoms with E-state index in [0.29, 0.717) is 6.42 Å². The summed E-state index contributed by atoms with van der Waals surface area (Å²) in [7, 11) is 0. The highest BCUT2D eigenvalue weighted by Crippen LogP contribution is 2.44. The molecule has 0 aliphatic heterocycles. The third-order valence-corrected chi connectivity index (χ3v) is 5.71. The van der Waals surface area contributed by atoms with Crippen LogP contribution in [-0.4, -0.2) is 41.3 Å². The van der Waals surface area contributed by atoms with Gasteiger partial charge >= 0.3 is 12.1 Å². The first kappa shape index (κ1) is 24.3. The highest BCUT2D eigenvalue weighted by Gasteiger charge is 2.31. The van der Waals surface area contributed by atoms with Gasteiger partial charge in [-0.3, -0.25) is 9.59 Å². The van der Waals surface area contributed by atoms with Crippen LogP contribution in [0.2, 0.25) is 0 Å². The maximum Gasteiger partial charge on any atom is 0.407 e. The third kappa shape index (κ3) is 6.12. The molecule has 0 saturated heterocycles. The highest BCUT2D eigenvalue weighted by molar-refractivity contribution is 5.86. The summed E-state index contributed by atoms with van der Waals surface area (Å²) < 4.78 is 5.57. The molecule has 7 nitrogen and oxygen atoms in total. The zero-order chi connectivity index (χ0) is 24.2. The van der Waals surface area contributed by atoms with E-state index in [1.54, 1.807) is 13.8 Å². The van der Waals surface area contributed by atoms with Gasteiger partial charge in [0.05, 0.1) is 6.42 Å². The summed E-state index contributed by atoms with van der Waals surface area (Å²) in [6.45, 7) is 7.32. The van der Waals surface area contributed by atoms with Crippen LogP contribution in [0.15, 0.2) is 48.5 Å². The van der Waals surface area contributed by atoms with Crippen LogP contribution in [0.5, 0.6) is 0 Å². The number of alkyl carbamates (subject to hydrolysis) is 1. The predicted octanol–water partition coefficient (Wildman–Crippen LogP) is 4.31. The highest BCUT2D eigenvalue weighted by atomic mass is 16.5. The van der Waals surface area contributed by atoms with E-state index in [9.17, 15) is 14.4 Å². The van der Waals surface area contributed by atoms with Crippen LogP contribution in [0.4, 0.5) is 4.79 Å². The number of carbonyl (C=O) groups is 3. The maximum atomic E-state index is 12.8. The van der Waals surface area contributed by atoms with Gasteiger partial charge in [-0.1, -0.05) is 62.4 Å². The smallest absolute Gasteiger partial charge is 0.407 e. The van der Waals surface area contributed by atoms with Crippen molar-refractivity contribution < 1.29 is 24.2 Å². The first-order chi connectivity index (χ1) is 15.6. The molecule has 1 aliphatic rings. The number of amides is 2. The van der Waals surface area contributed by atoms with E-state index >= 15 is 0 Å². The fourth-order valence-corrected chi connectivity index (χ4v) is 4.33. The minimum absolute atomic E-state index is 0.0741. The number of carbonyl (C=O) groups excluding carboxylic acids is 2. The Balaban J connectivity index is 1.66. The van der Waals surface area contributed by atoms with E-state index in [-0.39, 0.29) is 24.9 Å². The molecule has 7 heteroatoms. The van der Waals surface area contributed by atoms with E-state index in [2.05, 4.69) is 22.8 Å². The number of fused-ring (bicyclic) bond motifs is 3. The Morgan fingerprint density at radius 1 is 1.00 bits per heavy atom. The Morgan fingerprint density at radius 3 is 2.06 bits per heavy atom. The average molecular weight is 453 g/mol. The number of ether oxygens (including phenoxy) is 1. The van der Waals surface area contributed by atoms with Gasteiger partial charge in [0.15, 0.2) is 0 Å². The van der Waals surface area contributed by atoms with Gasteiger partial charge in [0.2, 0.25) is 5.91 Å². The van der Waals surface area contributed by atoms with Gasteiger partial charge in [0.25, 0.3) is 0 Å². The largest absolute Gasteiger partial charge is 0.481 e. The molecule has 1 aliphatic carbocycles. The van der Waals surface area contributed by atoms with E-state index < -0.39 is 29.6 Å². The molecular weight excluding hydrogens is 420 g/mol. The van der Waals surface area contributed by atoms with Crippen LogP contribution in [-0.2, 0) is 14.3 Å². The van der Waals surface area contributed by atoms with Crippen molar-refractivity contribution in [1.29, 1.82) is 0 Å². The zero-order valence-corrected chi connectivity index (χ0v) is 19.6. The second-order valence-corrected chi connectivity index (χ2v) is 9.60. The van der Waals surface area contributed by atoms with Gasteiger partial charge in [-0.15, -0.1) is 0 Å². The number of carboxylic acid groups (broad SMARTS) is 1. The monoisotopic (exact) mass is 452 g/mol. The summed E-state index contributed by atoms with van der Waals surface area (Å²) in [6, 6.07) is 15.3. The molecule has 0 fully saturated rings. The Hall–Kier alpha value is -3.35. The van der Waals surface area contributed by atoms with E-state index in [0.717, 1.165) is 22.3 Å². The maximum absolute atomic E-state index is 12.8. The van der Waals surface area contributed by atoms with Crippen molar-refractivity contribution in [3.8, 4) is 11.1 Å². The van der Waals surface area contributed by atoms with Crippen molar-refractivity contribution in [1.82, 2.24) is 10.6 Å². The summed E-state index contributed by atoms with van der Waals surface area (Å²) >= 11 is 0. The molecule has 33 heavy (non-hydrogen) atoms. The molecular formula is C26H32N2O5. The summed E-state index contributed by atoms with van der Waals surface area (Å²) in [6.07, 6.45) is -0.495. The number of hydrogen-bond donors (Lipinski definition) is 3. The molecule has 0 bridgehead atoms. The molecule has 0 radical (unpaired) electrons. The van der Waals surface area contributed by atoms with Crippen LogP contribution in [0.25, 0.3) is 11.1 Å². The lowest BCUT2D eigenvalue weighted by atomic mass is 9.98. The summed E-state index contributed by atoms with van der Waals surface area (Å²) in [5.41, 5.74) is 3.55. The number of nitrogens with one attached hydrogen (secondary N) is 2. The SMILES string of the molecule is CC(C)C[C@@H](NC(=O)OCC1c2ccccc2-c2ccccc21)C(=O)NC(C)(C)CC(=O)O. The fraction of sp³-hybridized carbons (Fsp3) is 0.423. The minimum atomic E-state index is -1.01. The summed E-state index contributed by atoms with van der Waals surface area (Å²) in [4.78, 5) is 36.5. The molecule has 2 amide bonds. The van der Waals surface area contributed by atoms with Gasteiger partial charge in [0, 0.05) is 11.5 Å². The van der Waals surface area contributed by atoms with Crippen molar-refractivity contribution >= 4 is 18.0 Å². The second kappa shape index (κ2) is 10.1. The van der Waals surface area contributed by atoms with Gasteiger partial charge in [-0.25, -0.2) is 4.79 Å². The quantitative estimate of drug-likeness (QED) is 0.526. The predicted molar refractivity (Wildman–Crippen MR) is 126 cm³/mol. The van der Waals surface area contributed by atoms with E-state index in [4.69, 9.17) is 9.84 Å². The Bertz CT molecular complexity index is 985. The molecule has 3 N–H and O–H groups in total. The van der Waals surface area contributed by atoms with Crippen molar-refractivity contribution in [3.63, 3.8) is 0 Å². The number of benzene rings is 2. The van der Waals surface area contributed by atoms with Crippen LogP contribution < -0.4 is 10.6 Å². The molecule has 176 valence electrons. The molecule has 1 atom stereocenters. The van der Waals surface area contributed by atoms with Crippen LogP contribution in [0, 0.1) is 5.92 Å². The van der Waals surface area contributed by atoms with Gasteiger partial charge < -0.3 is 20.5 Å². The fourth-order valence-electron chi connectivity index (χ4n) is 4.33. The van der Waals surface area contributed by atoms with Crippen molar-refractivity contribution in [3.05, 3.63) is 59.7 Å². The summed E-state index contributed by atoms with van der Waals surface area (Å²) in [5.74, 6) is -1.37. The first-order valence-electron chi connectivity index (χ1n) is 11.2. The summed E-state index contributed by atoms with van der Waals surface area (Å²) in [5, 5.41) is 14.5. The lowest BCUT2D eigenvalue weighted by Crippen LogP contribution is -2.54. The molecule has 2 aromatic rings. The standard InChI is InChI=1S/C26H32N2O5/c1-16(2)13-22(24(31)28-26(3,4)14-23(29)30)27-25(32)33-15-21-19-11-7-5-9-17(19)18-10-6-8-12-20(18)21/h5-12,16,21-22H,13-15H2,1-4H3,(H,27,32)(H,28,31)(H,29,30)/t22-/m1/s1. The Labute approximate surface area is 194 Å². The molecule has 0 spiro atoms. The molecule has 0 saturated carbocycles. The van der Waals surface area contributed by atoms with E-state index in [1.165, 1.54) is 0 Å². The number of hydrogen-bond acceptors (Lipinski definition) is 4. The first-order valence-corrected chi connectivity index (χ1v) is 11.2. The Morgan fingerprint density at radius 2 is 1.55 bits per heavy atom. The normalized spacial score (nSPS) is 13.7. The van der Waals surface area contributed by atoms with Crippen LogP contribution in [0.3, 0.4) is 0 Å². The van der Waals surface area contributed by atoms with Gasteiger partial charge in [-0.2, -0.15) is 0 Å². The molecule has 0 heterocycles. The minimum Gasteiger partial charge on any atom is -0.481 e. The number of carboxylic acids is 1. The van der Waals surface area contributed by atoms with Crippen LogP contribution in [0.1, 0.15) is 57.6 Å². The van der Waals surface area contributed by atoms with Crippen LogP contribution >= 0.6 is 0 Å². The van der Waals surface area contributed by atoms with Gasteiger partial charge in [0.1, 0.15) is 12.6 Å². The van der Waals surface area contributed by atoms with Crippen molar-refractivity contribution in [2.24, 2.45) is 5.92 Å². The second-order valence-electron chi connectivity index (χ2n) is 9.60. The molecule has 2 aromatic carbocycles. The number of rotatable bonds is 9. The van der Waals surface area contributed by atoms with Crippen molar-refractivity contribution in [2.75, 3.05) is 6.61 Å². The third-order valence-electron chi connectivity index (χ3n) is 5.71. The van der Waals surface area contributed by atoms with Crippen molar-refractivity contribution in [2.45, 2.75) is 58.0 Å².